The first kappa shape index (κ1) is 14.7. The van der Waals surface area contributed by atoms with Crippen molar-refractivity contribution < 1.29 is 9.47 Å². The van der Waals surface area contributed by atoms with Crippen LogP contribution < -0.4 is 15.2 Å². The molecule has 2 aromatic rings. The zero-order valence-electron chi connectivity index (χ0n) is 11.1. The number of fused-ring (bicyclic) bond motifs is 1. The number of rotatable bonds is 4. The smallest absolute Gasteiger partial charge is 0.231 e. The number of nitrogens with two attached hydrogens (primary N) is 1. The van der Waals surface area contributed by atoms with Gasteiger partial charge in [-0.3, -0.25) is 0 Å². The summed E-state index contributed by atoms with van der Waals surface area (Å²) in [5.41, 5.74) is 8.66. The predicted molar refractivity (Wildman–Crippen MR) is 81.5 cm³/mol. The van der Waals surface area contributed by atoms with Crippen LogP contribution >= 0.6 is 12.4 Å². The van der Waals surface area contributed by atoms with E-state index < -0.39 is 0 Å². The molecule has 1 aliphatic heterocycles. The molecule has 1 heterocycles. The zero-order chi connectivity index (χ0) is 13.1. The lowest BCUT2D eigenvalue weighted by Crippen LogP contribution is -2.11. The van der Waals surface area contributed by atoms with Gasteiger partial charge < -0.3 is 15.2 Å². The Morgan fingerprint density at radius 1 is 1.00 bits per heavy atom. The van der Waals surface area contributed by atoms with E-state index in [4.69, 9.17) is 15.2 Å². The Balaban J connectivity index is 0.00000147. The molecule has 1 unspecified atom stereocenters. The van der Waals surface area contributed by atoms with E-state index in [1.54, 1.807) is 0 Å². The molecule has 106 valence electrons. The first-order valence-corrected chi connectivity index (χ1v) is 6.52. The highest BCUT2D eigenvalue weighted by Crippen LogP contribution is 2.34. The van der Waals surface area contributed by atoms with E-state index in [1.807, 2.05) is 24.3 Å². The van der Waals surface area contributed by atoms with Crippen molar-refractivity contribution in [1.29, 1.82) is 0 Å². The van der Waals surface area contributed by atoms with Gasteiger partial charge >= 0.3 is 0 Å². The van der Waals surface area contributed by atoms with Crippen LogP contribution in [-0.4, -0.2) is 6.79 Å². The molecule has 0 aliphatic carbocycles. The summed E-state index contributed by atoms with van der Waals surface area (Å²) in [7, 11) is 0. The van der Waals surface area contributed by atoms with E-state index in [9.17, 15) is 0 Å². The Bertz CT molecular complexity index is 560. The van der Waals surface area contributed by atoms with Crippen molar-refractivity contribution in [1.82, 2.24) is 0 Å². The molecule has 0 amide bonds. The second kappa shape index (κ2) is 6.64. The fraction of sp³-hybridized carbons (Fsp3) is 0.250. The maximum atomic E-state index is 6.24. The summed E-state index contributed by atoms with van der Waals surface area (Å²) in [5.74, 6) is 1.60. The summed E-state index contributed by atoms with van der Waals surface area (Å²) in [6, 6.07) is 16.4. The SMILES string of the molecule is Cl.NC(CCc1ccccc1)c1ccc2c(c1)OCO2. The van der Waals surface area contributed by atoms with E-state index in [0.29, 0.717) is 6.79 Å². The zero-order valence-corrected chi connectivity index (χ0v) is 11.9. The first-order valence-electron chi connectivity index (χ1n) is 6.52. The van der Waals surface area contributed by atoms with Gasteiger partial charge in [0.05, 0.1) is 0 Å². The van der Waals surface area contributed by atoms with Crippen LogP contribution in [0.15, 0.2) is 48.5 Å². The molecular formula is C16H18ClNO2. The minimum Gasteiger partial charge on any atom is -0.454 e. The molecule has 3 nitrogen and oxygen atoms in total. The molecule has 4 heteroatoms. The number of hydrogen-bond acceptors (Lipinski definition) is 3. The molecule has 0 radical (unpaired) electrons. The molecule has 0 fully saturated rings. The van der Waals surface area contributed by atoms with Gasteiger partial charge in [0.15, 0.2) is 11.5 Å². The van der Waals surface area contributed by atoms with Crippen molar-refractivity contribution in [2.75, 3.05) is 6.79 Å². The minimum atomic E-state index is 0. The summed E-state index contributed by atoms with van der Waals surface area (Å²) in [6.07, 6.45) is 1.90. The Labute approximate surface area is 125 Å². The normalized spacial score (nSPS) is 13.7. The lowest BCUT2D eigenvalue weighted by Gasteiger charge is -2.12. The molecule has 1 atom stereocenters. The highest BCUT2D eigenvalue weighted by Gasteiger charge is 2.15. The second-order valence-electron chi connectivity index (χ2n) is 4.74. The van der Waals surface area contributed by atoms with E-state index in [-0.39, 0.29) is 18.4 Å². The van der Waals surface area contributed by atoms with E-state index in [2.05, 4.69) is 24.3 Å². The third-order valence-corrected chi connectivity index (χ3v) is 3.41. The molecule has 0 spiro atoms. The van der Waals surface area contributed by atoms with Crippen LogP contribution in [0.25, 0.3) is 0 Å². The number of aryl methyl sites for hydroxylation is 1. The van der Waals surface area contributed by atoms with Crippen LogP contribution in [0.4, 0.5) is 0 Å². The lowest BCUT2D eigenvalue weighted by molar-refractivity contribution is 0.174. The number of halogens is 1. The third-order valence-electron chi connectivity index (χ3n) is 3.41. The fourth-order valence-corrected chi connectivity index (χ4v) is 2.28. The van der Waals surface area contributed by atoms with Gasteiger partial charge in [-0.25, -0.2) is 0 Å². The Kier molecular flexibility index (Phi) is 4.88. The number of benzene rings is 2. The second-order valence-corrected chi connectivity index (χ2v) is 4.74. The topological polar surface area (TPSA) is 44.5 Å². The molecule has 1 aliphatic rings. The average Bonchev–Trinajstić information content (AvgIpc) is 2.93. The molecule has 0 saturated heterocycles. The summed E-state index contributed by atoms with van der Waals surface area (Å²) < 4.78 is 10.7. The van der Waals surface area contributed by atoms with Gasteiger partial charge in [0.25, 0.3) is 0 Å². The van der Waals surface area contributed by atoms with Crippen molar-refractivity contribution in [3.63, 3.8) is 0 Å². The maximum Gasteiger partial charge on any atom is 0.231 e. The molecule has 20 heavy (non-hydrogen) atoms. The summed E-state index contributed by atoms with van der Waals surface area (Å²) in [6.45, 7) is 0.304. The largest absolute Gasteiger partial charge is 0.454 e. The van der Waals surface area contributed by atoms with Crippen molar-refractivity contribution in [3.8, 4) is 11.5 Å². The quantitative estimate of drug-likeness (QED) is 0.938. The highest BCUT2D eigenvalue weighted by atomic mass is 35.5. The molecule has 0 aromatic heterocycles. The molecule has 3 rings (SSSR count). The van der Waals surface area contributed by atoms with Gasteiger partial charge in [-0.1, -0.05) is 36.4 Å². The molecular weight excluding hydrogens is 274 g/mol. The average molecular weight is 292 g/mol. The Morgan fingerprint density at radius 2 is 1.75 bits per heavy atom. The van der Waals surface area contributed by atoms with Gasteiger partial charge in [0, 0.05) is 6.04 Å². The van der Waals surface area contributed by atoms with Crippen LogP contribution in [0, 0.1) is 0 Å². The van der Waals surface area contributed by atoms with Crippen molar-refractivity contribution in [3.05, 3.63) is 59.7 Å². The summed E-state index contributed by atoms with van der Waals surface area (Å²) in [4.78, 5) is 0. The van der Waals surface area contributed by atoms with E-state index in [1.165, 1.54) is 5.56 Å². The molecule has 0 saturated carbocycles. The van der Waals surface area contributed by atoms with Gasteiger partial charge in [-0.05, 0) is 36.1 Å². The van der Waals surface area contributed by atoms with Crippen molar-refractivity contribution in [2.24, 2.45) is 5.73 Å². The molecule has 2 N–H and O–H groups in total. The third kappa shape index (κ3) is 3.24. The van der Waals surface area contributed by atoms with Crippen LogP contribution in [-0.2, 0) is 6.42 Å². The fourth-order valence-electron chi connectivity index (χ4n) is 2.28. The van der Waals surface area contributed by atoms with E-state index in [0.717, 1.165) is 29.9 Å². The summed E-state index contributed by atoms with van der Waals surface area (Å²) >= 11 is 0. The highest BCUT2D eigenvalue weighted by molar-refractivity contribution is 5.85. The maximum absolute atomic E-state index is 6.24. The molecule has 0 bridgehead atoms. The lowest BCUT2D eigenvalue weighted by atomic mass is 9.99. The minimum absolute atomic E-state index is 0. The van der Waals surface area contributed by atoms with Crippen LogP contribution in [0.3, 0.4) is 0 Å². The van der Waals surface area contributed by atoms with Crippen molar-refractivity contribution in [2.45, 2.75) is 18.9 Å². The van der Waals surface area contributed by atoms with Gasteiger partial charge in [0.2, 0.25) is 6.79 Å². The van der Waals surface area contributed by atoms with Gasteiger partial charge in [-0.2, -0.15) is 0 Å². The standard InChI is InChI=1S/C16H17NO2.ClH/c17-14(8-6-12-4-2-1-3-5-12)13-7-9-15-16(10-13)19-11-18-15;/h1-5,7,9-10,14H,6,8,11,17H2;1H. The Morgan fingerprint density at radius 3 is 2.55 bits per heavy atom. The van der Waals surface area contributed by atoms with Crippen LogP contribution in [0.1, 0.15) is 23.6 Å². The van der Waals surface area contributed by atoms with E-state index >= 15 is 0 Å². The Hall–Kier alpha value is -1.71. The molecule has 2 aromatic carbocycles. The monoisotopic (exact) mass is 291 g/mol. The number of ether oxygens (including phenoxy) is 2. The van der Waals surface area contributed by atoms with Crippen LogP contribution in [0.2, 0.25) is 0 Å². The number of hydrogen-bond donors (Lipinski definition) is 1. The van der Waals surface area contributed by atoms with Crippen molar-refractivity contribution >= 4 is 12.4 Å². The summed E-state index contributed by atoms with van der Waals surface area (Å²) in [5, 5.41) is 0. The van der Waals surface area contributed by atoms with Crippen LogP contribution in [0.5, 0.6) is 11.5 Å². The van der Waals surface area contributed by atoms with Gasteiger partial charge in [0.1, 0.15) is 0 Å². The van der Waals surface area contributed by atoms with Gasteiger partial charge in [-0.15, -0.1) is 12.4 Å². The first-order chi connectivity index (χ1) is 9.33. The predicted octanol–water partition coefficient (Wildman–Crippen LogP) is 3.47.